The summed E-state index contributed by atoms with van der Waals surface area (Å²) in [6.45, 7) is -0.424. The Bertz CT molecular complexity index is 777. The summed E-state index contributed by atoms with van der Waals surface area (Å²) in [5.41, 5.74) is 0.708. The maximum Gasteiger partial charge on any atom is 0.309 e. The van der Waals surface area contributed by atoms with Crippen LogP contribution in [0, 0.1) is 10.1 Å². The molecule has 0 saturated carbocycles. The van der Waals surface area contributed by atoms with E-state index >= 15 is 0 Å². The highest BCUT2D eigenvalue weighted by Crippen LogP contribution is 2.31. The van der Waals surface area contributed by atoms with Crippen LogP contribution in [0.4, 0.5) is 5.69 Å². The molecule has 0 heterocycles. The molecule has 0 fully saturated rings. The highest BCUT2D eigenvalue weighted by Gasteiger charge is 2.13. The van der Waals surface area contributed by atoms with E-state index in [1.807, 2.05) is 0 Å². The Morgan fingerprint density at radius 2 is 2.04 bits per heavy atom. The Hall–Kier alpha value is -2.64. The Morgan fingerprint density at radius 3 is 2.67 bits per heavy atom. The van der Waals surface area contributed by atoms with Gasteiger partial charge in [0.2, 0.25) is 0 Å². The number of methoxy groups -OCH3 is 1. The van der Waals surface area contributed by atoms with Gasteiger partial charge in [-0.15, -0.1) is 0 Å². The van der Waals surface area contributed by atoms with Gasteiger partial charge in [-0.1, -0.05) is 11.6 Å². The Kier molecular flexibility index (Phi) is 5.73. The number of nitrogens with zero attached hydrogens (tertiary/aromatic N) is 1. The van der Waals surface area contributed by atoms with Gasteiger partial charge in [0.25, 0.3) is 5.69 Å². The topological polar surface area (TPSA) is 98.9 Å². The molecule has 24 heavy (non-hydrogen) atoms. The number of hydrogen-bond acceptors (Lipinski definition) is 6. The lowest BCUT2D eigenvalue weighted by molar-refractivity contribution is -0.385. The molecule has 0 bridgehead atoms. The van der Waals surface area contributed by atoms with Crippen molar-refractivity contribution in [2.75, 3.05) is 7.11 Å². The largest absolute Gasteiger partial charge is 0.469 e. The second-order valence-electron chi connectivity index (χ2n) is 4.86. The molecular formula is C16H14ClNO6. The monoisotopic (exact) mass is 351 g/mol. The van der Waals surface area contributed by atoms with Crippen molar-refractivity contribution in [2.24, 2.45) is 0 Å². The third kappa shape index (κ3) is 4.43. The van der Waals surface area contributed by atoms with Gasteiger partial charge >= 0.3 is 5.97 Å². The molecule has 0 aromatic heterocycles. The summed E-state index contributed by atoms with van der Waals surface area (Å²) < 4.78 is 10.3. The van der Waals surface area contributed by atoms with Crippen molar-refractivity contribution in [3.05, 3.63) is 62.7 Å². The zero-order chi connectivity index (χ0) is 17.7. The van der Waals surface area contributed by atoms with Gasteiger partial charge in [-0.25, -0.2) is 0 Å². The van der Waals surface area contributed by atoms with Crippen LogP contribution in [0.1, 0.15) is 11.1 Å². The molecule has 2 aromatic carbocycles. The molecule has 0 aliphatic rings. The highest BCUT2D eigenvalue weighted by molar-refractivity contribution is 6.30. The fourth-order valence-corrected chi connectivity index (χ4v) is 2.30. The van der Waals surface area contributed by atoms with Gasteiger partial charge in [0.15, 0.2) is 0 Å². The molecule has 7 nitrogen and oxygen atoms in total. The van der Waals surface area contributed by atoms with Crippen molar-refractivity contribution in [1.82, 2.24) is 0 Å². The fraction of sp³-hybridized carbons (Fsp3) is 0.188. The number of aliphatic hydroxyl groups excluding tert-OH is 1. The molecule has 126 valence electrons. The molecule has 0 aliphatic carbocycles. The fourth-order valence-electron chi connectivity index (χ4n) is 2.05. The molecule has 0 unspecified atom stereocenters. The van der Waals surface area contributed by atoms with E-state index < -0.39 is 17.5 Å². The smallest absolute Gasteiger partial charge is 0.309 e. The van der Waals surface area contributed by atoms with E-state index in [0.717, 1.165) is 0 Å². The van der Waals surface area contributed by atoms with E-state index in [-0.39, 0.29) is 23.4 Å². The van der Waals surface area contributed by atoms with Crippen molar-refractivity contribution in [3.63, 3.8) is 0 Å². The van der Waals surface area contributed by atoms with E-state index in [2.05, 4.69) is 4.74 Å². The number of nitro benzene ring substituents is 1. The van der Waals surface area contributed by atoms with Crippen molar-refractivity contribution in [2.45, 2.75) is 13.0 Å². The second-order valence-corrected chi connectivity index (χ2v) is 5.29. The quantitative estimate of drug-likeness (QED) is 0.487. The molecular weight excluding hydrogens is 338 g/mol. The minimum Gasteiger partial charge on any atom is -0.469 e. The first-order valence-electron chi connectivity index (χ1n) is 6.85. The zero-order valence-corrected chi connectivity index (χ0v) is 13.4. The summed E-state index contributed by atoms with van der Waals surface area (Å²) in [7, 11) is 1.29. The van der Waals surface area contributed by atoms with Crippen LogP contribution in [0.2, 0.25) is 5.02 Å². The summed E-state index contributed by atoms with van der Waals surface area (Å²) >= 11 is 6.01. The normalized spacial score (nSPS) is 10.3. The van der Waals surface area contributed by atoms with Gasteiger partial charge < -0.3 is 14.6 Å². The van der Waals surface area contributed by atoms with Crippen LogP contribution < -0.4 is 4.74 Å². The number of non-ortho nitro benzene ring substituents is 1. The second kappa shape index (κ2) is 7.76. The number of carbonyl (C=O) groups excluding carboxylic acids is 1. The van der Waals surface area contributed by atoms with Crippen molar-refractivity contribution in [3.8, 4) is 11.5 Å². The Labute approximate surface area is 142 Å². The number of esters is 1. The van der Waals surface area contributed by atoms with Gasteiger partial charge in [-0.2, -0.15) is 0 Å². The highest BCUT2D eigenvalue weighted by atomic mass is 35.5. The van der Waals surface area contributed by atoms with E-state index in [1.54, 1.807) is 12.1 Å². The average molecular weight is 352 g/mol. The number of ether oxygens (including phenoxy) is 2. The van der Waals surface area contributed by atoms with Crippen molar-refractivity contribution < 1.29 is 24.3 Å². The molecule has 2 rings (SSSR count). The van der Waals surface area contributed by atoms with E-state index in [0.29, 0.717) is 16.3 Å². The number of halogens is 1. The predicted molar refractivity (Wildman–Crippen MR) is 86.3 cm³/mol. The first-order chi connectivity index (χ1) is 11.4. The van der Waals surface area contributed by atoms with Gasteiger partial charge in [-0.05, 0) is 29.8 Å². The van der Waals surface area contributed by atoms with Gasteiger partial charge in [0.05, 0.1) is 25.1 Å². The number of hydrogen-bond donors (Lipinski definition) is 1. The molecule has 1 N–H and O–H groups in total. The van der Waals surface area contributed by atoms with Crippen LogP contribution in [0.15, 0.2) is 36.4 Å². The molecule has 0 amide bonds. The summed E-state index contributed by atoms with van der Waals surface area (Å²) in [4.78, 5) is 21.6. The number of benzene rings is 2. The Morgan fingerprint density at radius 1 is 1.29 bits per heavy atom. The minimum absolute atomic E-state index is 0.0283. The predicted octanol–water partition coefficient (Wildman–Crippen LogP) is 3.25. The maximum absolute atomic E-state index is 11.4. The molecule has 0 radical (unpaired) electrons. The van der Waals surface area contributed by atoms with Crippen LogP contribution >= 0.6 is 11.6 Å². The molecule has 2 aromatic rings. The number of rotatable bonds is 6. The maximum atomic E-state index is 11.4. The van der Waals surface area contributed by atoms with E-state index in [4.69, 9.17) is 16.3 Å². The van der Waals surface area contributed by atoms with Crippen LogP contribution in [-0.4, -0.2) is 23.1 Å². The first-order valence-corrected chi connectivity index (χ1v) is 7.23. The van der Waals surface area contributed by atoms with Crippen LogP contribution in [0.5, 0.6) is 11.5 Å². The molecule has 0 atom stereocenters. The molecule has 0 spiro atoms. The van der Waals surface area contributed by atoms with Crippen molar-refractivity contribution >= 4 is 23.3 Å². The summed E-state index contributed by atoms with van der Waals surface area (Å²) in [6, 6.07) is 8.64. The molecule has 0 aliphatic heterocycles. The summed E-state index contributed by atoms with van der Waals surface area (Å²) in [6.07, 6.45) is 0.0283. The standard InChI is InChI=1S/C16H14ClNO6/c1-23-16(20)6-10-4-12(17)8-14(5-10)24-15-3-2-13(18(21)22)7-11(15)9-19/h2-5,7-8,19H,6,9H2,1H3. The third-order valence-electron chi connectivity index (χ3n) is 3.16. The zero-order valence-electron chi connectivity index (χ0n) is 12.7. The van der Waals surface area contributed by atoms with Crippen LogP contribution in [-0.2, 0) is 22.6 Å². The SMILES string of the molecule is COC(=O)Cc1cc(Cl)cc(Oc2ccc([N+](=O)[O-])cc2CO)c1. The first kappa shape index (κ1) is 17.7. The van der Waals surface area contributed by atoms with Gasteiger partial charge in [0.1, 0.15) is 11.5 Å². The van der Waals surface area contributed by atoms with E-state index in [9.17, 15) is 20.0 Å². The van der Waals surface area contributed by atoms with Crippen LogP contribution in [0.3, 0.4) is 0 Å². The third-order valence-corrected chi connectivity index (χ3v) is 3.38. The van der Waals surface area contributed by atoms with Gasteiger partial charge in [0, 0.05) is 22.7 Å². The lowest BCUT2D eigenvalue weighted by Crippen LogP contribution is -2.04. The summed E-state index contributed by atoms with van der Waals surface area (Å²) in [5, 5.41) is 20.5. The number of carbonyl (C=O) groups is 1. The lowest BCUT2D eigenvalue weighted by atomic mass is 10.1. The number of nitro groups is 1. The lowest BCUT2D eigenvalue weighted by Gasteiger charge is -2.11. The average Bonchev–Trinajstić information content (AvgIpc) is 2.54. The van der Waals surface area contributed by atoms with Crippen molar-refractivity contribution in [1.29, 1.82) is 0 Å². The van der Waals surface area contributed by atoms with Crippen LogP contribution in [0.25, 0.3) is 0 Å². The summed E-state index contributed by atoms with van der Waals surface area (Å²) in [5.74, 6) is 0.175. The Balaban J connectivity index is 2.30. The molecule has 8 heteroatoms. The minimum atomic E-state index is -0.559. The number of aliphatic hydroxyl groups is 1. The van der Waals surface area contributed by atoms with E-state index in [1.165, 1.54) is 31.4 Å². The molecule has 0 saturated heterocycles. The van der Waals surface area contributed by atoms with Gasteiger partial charge in [-0.3, -0.25) is 14.9 Å².